The molecule has 2 aliphatic heterocycles. The van der Waals surface area contributed by atoms with Crippen LogP contribution in [0, 0.1) is 5.41 Å². The largest absolute Gasteiger partial charge is 0.472 e. The molecule has 1 atom stereocenters. The van der Waals surface area contributed by atoms with E-state index in [9.17, 15) is 9.59 Å². The highest BCUT2D eigenvalue weighted by Crippen LogP contribution is 2.40. The van der Waals surface area contributed by atoms with Crippen LogP contribution in [0.15, 0.2) is 23.0 Å². The molecule has 2 fully saturated rings. The summed E-state index contributed by atoms with van der Waals surface area (Å²) in [5, 5.41) is 0. The Morgan fingerprint density at radius 2 is 2.17 bits per heavy atom. The lowest BCUT2D eigenvalue weighted by atomic mass is 9.78. The lowest BCUT2D eigenvalue weighted by Crippen LogP contribution is -2.48. The number of amides is 2. The summed E-state index contributed by atoms with van der Waals surface area (Å²) in [5.41, 5.74) is 0.848. The maximum Gasteiger partial charge on any atom is 0.241 e. The number of nitrogens with zero attached hydrogens (tertiary/aromatic N) is 3. The standard InChI is InChI=1S/C17H25N3O3/c1-18(2)15(21)11-20-8-6-17(16(20)22)5-3-7-19(13-17)10-14-4-9-23-12-14/h4,9,12H,3,5-8,10-11,13H2,1-2H3/t17-/m0/s1. The van der Waals surface area contributed by atoms with E-state index in [1.807, 2.05) is 6.07 Å². The number of likely N-dealkylation sites (tertiary alicyclic amines) is 2. The average Bonchev–Trinajstić information content (AvgIpc) is 3.12. The summed E-state index contributed by atoms with van der Waals surface area (Å²) in [6.07, 6.45) is 6.26. The molecule has 3 rings (SSSR count). The molecule has 0 unspecified atom stereocenters. The highest BCUT2D eigenvalue weighted by Gasteiger charge is 2.49. The molecule has 1 aromatic heterocycles. The van der Waals surface area contributed by atoms with Crippen LogP contribution < -0.4 is 0 Å². The molecule has 0 bridgehead atoms. The number of carbonyl (C=O) groups is 2. The normalized spacial score (nSPS) is 25.3. The van der Waals surface area contributed by atoms with Gasteiger partial charge in [-0.15, -0.1) is 0 Å². The first-order valence-electron chi connectivity index (χ1n) is 8.23. The molecule has 126 valence electrons. The van der Waals surface area contributed by atoms with E-state index >= 15 is 0 Å². The van der Waals surface area contributed by atoms with Crippen LogP contribution in [0.2, 0.25) is 0 Å². The Morgan fingerprint density at radius 1 is 1.35 bits per heavy atom. The van der Waals surface area contributed by atoms with Gasteiger partial charge < -0.3 is 14.2 Å². The van der Waals surface area contributed by atoms with Gasteiger partial charge in [-0.1, -0.05) is 0 Å². The fraction of sp³-hybridized carbons (Fsp3) is 0.647. The summed E-state index contributed by atoms with van der Waals surface area (Å²) in [7, 11) is 3.46. The van der Waals surface area contributed by atoms with Gasteiger partial charge in [0, 0.05) is 39.3 Å². The second-order valence-electron chi connectivity index (χ2n) is 6.99. The van der Waals surface area contributed by atoms with E-state index < -0.39 is 0 Å². The fourth-order valence-corrected chi connectivity index (χ4v) is 3.73. The molecule has 2 amide bonds. The van der Waals surface area contributed by atoms with Crippen molar-refractivity contribution in [3.05, 3.63) is 24.2 Å². The maximum atomic E-state index is 12.9. The molecule has 23 heavy (non-hydrogen) atoms. The highest BCUT2D eigenvalue weighted by molar-refractivity contribution is 5.89. The lowest BCUT2D eigenvalue weighted by Gasteiger charge is -2.38. The minimum atomic E-state index is -0.297. The van der Waals surface area contributed by atoms with Crippen LogP contribution in [0.5, 0.6) is 0 Å². The van der Waals surface area contributed by atoms with Crippen molar-refractivity contribution in [3.8, 4) is 0 Å². The third-order valence-electron chi connectivity index (χ3n) is 5.07. The van der Waals surface area contributed by atoms with Gasteiger partial charge in [-0.25, -0.2) is 0 Å². The second-order valence-corrected chi connectivity index (χ2v) is 6.99. The van der Waals surface area contributed by atoms with Crippen LogP contribution in [0.4, 0.5) is 0 Å². The molecule has 3 heterocycles. The smallest absolute Gasteiger partial charge is 0.241 e. The fourth-order valence-electron chi connectivity index (χ4n) is 3.73. The van der Waals surface area contributed by atoms with Crippen LogP contribution in [-0.2, 0) is 16.1 Å². The lowest BCUT2D eigenvalue weighted by molar-refractivity contribution is -0.143. The second kappa shape index (κ2) is 6.35. The molecule has 0 N–H and O–H groups in total. The minimum Gasteiger partial charge on any atom is -0.472 e. The van der Waals surface area contributed by atoms with Crippen molar-refractivity contribution in [2.45, 2.75) is 25.8 Å². The van der Waals surface area contributed by atoms with Crippen molar-refractivity contribution in [2.75, 3.05) is 40.3 Å². The van der Waals surface area contributed by atoms with Gasteiger partial charge in [0.05, 0.1) is 24.5 Å². The van der Waals surface area contributed by atoms with Crippen molar-refractivity contribution in [1.29, 1.82) is 0 Å². The van der Waals surface area contributed by atoms with Crippen LogP contribution in [0.3, 0.4) is 0 Å². The molecule has 0 radical (unpaired) electrons. The first-order chi connectivity index (χ1) is 11.0. The Kier molecular flexibility index (Phi) is 4.43. The zero-order valence-corrected chi connectivity index (χ0v) is 14.0. The molecule has 2 saturated heterocycles. The Hall–Kier alpha value is -1.82. The average molecular weight is 319 g/mol. The van der Waals surface area contributed by atoms with Gasteiger partial charge in [-0.3, -0.25) is 14.5 Å². The predicted octanol–water partition coefficient (Wildman–Crippen LogP) is 1.18. The van der Waals surface area contributed by atoms with E-state index in [1.165, 1.54) is 0 Å². The Labute approximate surface area is 137 Å². The minimum absolute atomic E-state index is 0.0125. The summed E-state index contributed by atoms with van der Waals surface area (Å²) >= 11 is 0. The van der Waals surface area contributed by atoms with Crippen molar-refractivity contribution < 1.29 is 14.0 Å². The zero-order valence-electron chi connectivity index (χ0n) is 14.0. The molecule has 2 aliphatic rings. The van der Waals surface area contributed by atoms with Gasteiger partial charge in [-0.2, -0.15) is 0 Å². The Balaban J connectivity index is 1.64. The van der Waals surface area contributed by atoms with Gasteiger partial charge in [0.25, 0.3) is 0 Å². The van der Waals surface area contributed by atoms with Crippen molar-refractivity contribution >= 4 is 11.8 Å². The molecule has 6 heteroatoms. The first kappa shape index (κ1) is 16.1. The molecule has 0 aromatic carbocycles. The quantitative estimate of drug-likeness (QED) is 0.836. The number of hydrogen-bond acceptors (Lipinski definition) is 4. The number of rotatable bonds is 4. The van der Waals surface area contributed by atoms with E-state index in [2.05, 4.69) is 4.90 Å². The van der Waals surface area contributed by atoms with Gasteiger partial charge in [0.1, 0.15) is 0 Å². The Bertz CT molecular complexity index is 570. The first-order valence-corrected chi connectivity index (χ1v) is 8.23. The van der Waals surface area contributed by atoms with E-state index in [1.54, 1.807) is 36.4 Å². The maximum absolute atomic E-state index is 12.9. The van der Waals surface area contributed by atoms with Crippen LogP contribution >= 0.6 is 0 Å². The molecule has 0 saturated carbocycles. The SMILES string of the molecule is CN(C)C(=O)CN1CC[C@]2(CCCN(Cc3ccoc3)C2)C1=O. The number of piperidine rings is 1. The predicted molar refractivity (Wildman–Crippen MR) is 85.5 cm³/mol. The Morgan fingerprint density at radius 3 is 2.87 bits per heavy atom. The summed E-state index contributed by atoms with van der Waals surface area (Å²) in [5.74, 6) is 0.144. The molecule has 1 aromatic rings. The molecular weight excluding hydrogens is 294 g/mol. The summed E-state index contributed by atoms with van der Waals surface area (Å²) in [4.78, 5) is 30.4. The van der Waals surface area contributed by atoms with E-state index in [-0.39, 0.29) is 23.8 Å². The van der Waals surface area contributed by atoms with E-state index in [0.29, 0.717) is 6.54 Å². The van der Waals surface area contributed by atoms with Crippen molar-refractivity contribution in [2.24, 2.45) is 5.41 Å². The third kappa shape index (κ3) is 3.27. The number of carbonyl (C=O) groups excluding carboxylic acids is 2. The summed E-state index contributed by atoms with van der Waals surface area (Å²) in [6.45, 7) is 3.51. The molecular formula is C17H25N3O3. The van der Waals surface area contributed by atoms with Crippen molar-refractivity contribution in [1.82, 2.24) is 14.7 Å². The highest BCUT2D eigenvalue weighted by atomic mass is 16.3. The zero-order chi connectivity index (χ0) is 16.4. The van der Waals surface area contributed by atoms with E-state index in [4.69, 9.17) is 4.42 Å². The third-order valence-corrected chi connectivity index (χ3v) is 5.07. The van der Waals surface area contributed by atoms with Crippen molar-refractivity contribution in [3.63, 3.8) is 0 Å². The monoisotopic (exact) mass is 319 g/mol. The number of hydrogen-bond donors (Lipinski definition) is 0. The number of furan rings is 1. The molecule has 1 spiro atoms. The van der Waals surface area contributed by atoms with Crippen LogP contribution in [0.1, 0.15) is 24.8 Å². The van der Waals surface area contributed by atoms with Gasteiger partial charge in [0.2, 0.25) is 11.8 Å². The van der Waals surface area contributed by atoms with Gasteiger partial charge in [0.15, 0.2) is 0 Å². The summed E-state index contributed by atoms with van der Waals surface area (Å²) in [6, 6.07) is 1.97. The van der Waals surface area contributed by atoms with Gasteiger partial charge >= 0.3 is 0 Å². The van der Waals surface area contributed by atoms with Crippen LogP contribution in [0.25, 0.3) is 0 Å². The van der Waals surface area contributed by atoms with Gasteiger partial charge in [-0.05, 0) is 31.9 Å². The van der Waals surface area contributed by atoms with E-state index in [0.717, 1.165) is 44.5 Å². The summed E-state index contributed by atoms with van der Waals surface area (Å²) < 4.78 is 5.13. The topological polar surface area (TPSA) is 57.0 Å². The molecule has 6 nitrogen and oxygen atoms in total. The van der Waals surface area contributed by atoms with Crippen LogP contribution in [-0.4, -0.2) is 66.8 Å². The number of likely N-dealkylation sites (N-methyl/N-ethyl adjacent to an activating group) is 1. The molecule has 0 aliphatic carbocycles.